The summed E-state index contributed by atoms with van der Waals surface area (Å²) in [6.45, 7) is 2.19. The molecule has 0 aliphatic carbocycles. The molecule has 0 saturated heterocycles. The molecule has 130 valence electrons. The number of fused-ring (bicyclic) bond motifs is 1. The summed E-state index contributed by atoms with van der Waals surface area (Å²) >= 11 is 1.58. The molecule has 3 aromatic rings. The first-order chi connectivity index (χ1) is 12.7. The van der Waals surface area contributed by atoms with Gasteiger partial charge in [0.2, 0.25) is 12.7 Å². The molecular weight excluding hydrogens is 348 g/mol. The van der Waals surface area contributed by atoms with E-state index in [0.29, 0.717) is 5.75 Å². The van der Waals surface area contributed by atoms with Gasteiger partial charge >= 0.3 is 0 Å². The van der Waals surface area contributed by atoms with Crippen molar-refractivity contribution in [3.63, 3.8) is 0 Å². The van der Waals surface area contributed by atoms with Crippen LogP contribution in [0.3, 0.4) is 0 Å². The van der Waals surface area contributed by atoms with Crippen LogP contribution >= 0.6 is 11.3 Å². The number of para-hydroxylation sites is 1. The van der Waals surface area contributed by atoms with Gasteiger partial charge in [0.25, 0.3) is 0 Å². The van der Waals surface area contributed by atoms with Crippen molar-refractivity contribution in [1.82, 2.24) is 4.98 Å². The fraction of sp³-hybridized carbons (Fsp3) is 0.100. The van der Waals surface area contributed by atoms with Crippen LogP contribution in [0.4, 0.5) is 5.69 Å². The highest BCUT2D eigenvalue weighted by Gasteiger charge is 2.13. The Bertz CT molecular complexity index is 994. The first kappa shape index (κ1) is 16.4. The second-order valence-electron chi connectivity index (χ2n) is 5.73. The molecule has 2 aromatic carbocycles. The maximum absolute atomic E-state index is 12.3. The number of aromatic nitrogens is 1. The summed E-state index contributed by atoms with van der Waals surface area (Å²) < 4.78 is 10.6. The van der Waals surface area contributed by atoms with Gasteiger partial charge in [-0.3, -0.25) is 4.79 Å². The molecule has 2 heterocycles. The third-order valence-electron chi connectivity index (χ3n) is 3.90. The van der Waals surface area contributed by atoms with E-state index in [9.17, 15) is 4.79 Å². The van der Waals surface area contributed by atoms with Crippen LogP contribution in [-0.2, 0) is 4.79 Å². The number of carbonyl (C=O) groups excluding carboxylic acids is 1. The average molecular weight is 364 g/mol. The third-order valence-corrected chi connectivity index (χ3v) is 4.68. The summed E-state index contributed by atoms with van der Waals surface area (Å²) in [5.41, 5.74) is 3.37. The molecule has 4 rings (SSSR count). The fourth-order valence-corrected chi connectivity index (χ4v) is 3.28. The second-order valence-corrected chi connectivity index (χ2v) is 6.79. The predicted molar refractivity (Wildman–Crippen MR) is 103 cm³/mol. The van der Waals surface area contributed by atoms with Crippen LogP contribution in [0.2, 0.25) is 0 Å². The van der Waals surface area contributed by atoms with E-state index < -0.39 is 0 Å². The summed E-state index contributed by atoms with van der Waals surface area (Å²) in [5, 5.41) is 5.90. The van der Waals surface area contributed by atoms with Gasteiger partial charge in [-0.2, -0.15) is 0 Å². The van der Waals surface area contributed by atoms with Crippen LogP contribution in [0.25, 0.3) is 17.3 Å². The number of benzene rings is 2. The van der Waals surface area contributed by atoms with Gasteiger partial charge in [0.05, 0.1) is 16.4 Å². The van der Waals surface area contributed by atoms with Crippen LogP contribution in [0, 0.1) is 6.92 Å². The molecule has 0 spiro atoms. The van der Waals surface area contributed by atoms with Crippen LogP contribution in [0.15, 0.2) is 53.9 Å². The van der Waals surface area contributed by atoms with Crippen molar-refractivity contribution in [2.75, 3.05) is 12.1 Å². The van der Waals surface area contributed by atoms with Crippen molar-refractivity contribution in [1.29, 1.82) is 0 Å². The Morgan fingerprint density at radius 2 is 2.04 bits per heavy atom. The molecule has 1 N–H and O–H groups in total. The van der Waals surface area contributed by atoms with Gasteiger partial charge in [-0.1, -0.05) is 24.3 Å². The Balaban J connectivity index is 1.50. The van der Waals surface area contributed by atoms with E-state index in [0.717, 1.165) is 33.3 Å². The van der Waals surface area contributed by atoms with Crippen LogP contribution in [0.1, 0.15) is 10.6 Å². The van der Waals surface area contributed by atoms with Crippen molar-refractivity contribution in [3.05, 3.63) is 64.5 Å². The van der Waals surface area contributed by atoms with Gasteiger partial charge in [-0.25, -0.2) is 4.98 Å². The van der Waals surface area contributed by atoms with Gasteiger partial charge in [0.15, 0.2) is 11.5 Å². The van der Waals surface area contributed by atoms with Crippen molar-refractivity contribution in [2.24, 2.45) is 0 Å². The molecule has 1 aliphatic rings. The van der Waals surface area contributed by atoms with E-state index in [4.69, 9.17) is 9.47 Å². The first-order valence-electron chi connectivity index (χ1n) is 8.09. The number of amides is 1. The van der Waals surface area contributed by atoms with E-state index in [2.05, 4.69) is 10.3 Å². The highest BCUT2D eigenvalue weighted by Crippen LogP contribution is 2.33. The third kappa shape index (κ3) is 3.45. The molecule has 1 aromatic heterocycles. The number of aryl methyl sites for hydroxylation is 1. The number of thiazole rings is 1. The largest absolute Gasteiger partial charge is 0.454 e. The zero-order valence-corrected chi connectivity index (χ0v) is 14.9. The SMILES string of the molecule is Cc1nc(-c2ccccc2NC(=O)/C=C/c2ccc3c(c2)OCO3)cs1. The van der Waals surface area contributed by atoms with Gasteiger partial charge < -0.3 is 14.8 Å². The second kappa shape index (κ2) is 7.01. The molecule has 0 bridgehead atoms. The van der Waals surface area contributed by atoms with Gasteiger partial charge in [0.1, 0.15) is 0 Å². The van der Waals surface area contributed by atoms with Crippen LogP contribution in [-0.4, -0.2) is 17.7 Å². The maximum Gasteiger partial charge on any atom is 0.248 e. The minimum atomic E-state index is -0.206. The van der Waals surface area contributed by atoms with Crippen molar-refractivity contribution >= 4 is 29.0 Å². The van der Waals surface area contributed by atoms with Gasteiger partial charge in [-0.15, -0.1) is 11.3 Å². The average Bonchev–Trinajstić information content (AvgIpc) is 3.28. The zero-order chi connectivity index (χ0) is 17.9. The van der Waals surface area contributed by atoms with Crippen molar-refractivity contribution in [3.8, 4) is 22.8 Å². The lowest BCUT2D eigenvalue weighted by atomic mass is 10.1. The topological polar surface area (TPSA) is 60.5 Å². The minimum absolute atomic E-state index is 0.206. The Labute approximate surface area is 154 Å². The Kier molecular flexibility index (Phi) is 4.41. The summed E-state index contributed by atoms with van der Waals surface area (Å²) in [6.07, 6.45) is 3.24. The molecule has 0 atom stereocenters. The Morgan fingerprint density at radius 1 is 1.19 bits per heavy atom. The van der Waals surface area contributed by atoms with Crippen LogP contribution < -0.4 is 14.8 Å². The molecule has 1 aliphatic heterocycles. The minimum Gasteiger partial charge on any atom is -0.454 e. The van der Waals surface area contributed by atoms with E-state index in [-0.39, 0.29) is 12.7 Å². The summed E-state index contributed by atoms with van der Waals surface area (Å²) in [4.78, 5) is 16.8. The van der Waals surface area contributed by atoms with E-state index >= 15 is 0 Å². The summed E-state index contributed by atoms with van der Waals surface area (Å²) in [5.74, 6) is 1.21. The van der Waals surface area contributed by atoms with Crippen molar-refractivity contribution in [2.45, 2.75) is 6.92 Å². The molecule has 0 radical (unpaired) electrons. The highest BCUT2D eigenvalue weighted by molar-refractivity contribution is 7.09. The number of hydrogen-bond acceptors (Lipinski definition) is 5. The van der Waals surface area contributed by atoms with Gasteiger partial charge in [-0.05, 0) is 36.8 Å². The van der Waals surface area contributed by atoms with E-state index in [1.807, 2.05) is 54.8 Å². The van der Waals surface area contributed by atoms with Crippen molar-refractivity contribution < 1.29 is 14.3 Å². The Hall–Kier alpha value is -3.12. The number of rotatable bonds is 4. The lowest BCUT2D eigenvalue weighted by molar-refractivity contribution is -0.111. The molecule has 5 nitrogen and oxygen atoms in total. The quantitative estimate of drug-likeness (QED) is 0.693. The molecule has 6 heteroatoms. The summed E-state index contributed by atoms with van der Waals surface area (Å²) in [7, 11) is 0. The molecule has 0 fully saturated rings. The summed E-state index contributed by atoms with van der Waals surface area (Å²) in [6, 6.07) is 13.2. The first-order valence-corrected chi connectivity index (χ1v) is 8.97. The van der Waals surface area contributed by atoms with Crippen LogP contribution in [0.5, 0.6) is 11.5 Å². The number of hydrogen-bond donors (Lipinski definition) is 1. The van der Waals surface area contributed by atoms with Gasteiger partial charge in [0, 0.05) is 17.0 Å². The lowest BCUT2D eigenvalue weighted by Crippen LogP contribution is -2.08. The molecule has 26 heavy (non-hydrogen) atoms. The number of carbonyl (C=O) groups is 1. The normalized spacial score (nSPS) is 12.5. The van der Waals surface area contributed by atoms with E-state index in [1.54, 1.807) is 17.4 Å². The molecule has 1 amide bonds. The molecule has 0 saturated carbocycles. The van der Waals surface area contributed by atoms with E-state index in [1.165, 1.54) is 6.08 Å². The number of nitrogens with zero attached hydrogens (tertiary/aromatic N) is 1. The number of nitrogens with one attached hydrogen (secondary N) is 1. The lowest BCUT2D eigenvalue weighted by Gasteiger charge is -2.07. The smallest absolute Gasteiger partial charge is 0.248 e. The highest BCUT2D eigenvalue weighted by atomic mass is 32.1. The molecule has 0 unspecified atom stereocenters. The zero-order valence-electron chi connectivity index (χ0n) is 14.1. The predicted octanol–water partition coefficient (Wildman–Crippen LogP) is 4.50. The monoisotopic (exact) mass is 364 g/mol. The maximum atomic E-state index is 12.3. The standard InChI is InChI=1S/C20H16N2O3S/c1-13-21-17(11-26-13)15-4-2-3-5-16(15)22-20(23)9-7-14-6-8-18-19(10-14)25-12-24-18/h2-11H,12H2,1H3,(H,22,23)/b9-7+. The molecular formula is C20H16N2O3S. The number of ether oxygens (including phenoxy) is 2. The number of anilines is 1. The fourth-order valence-electron chi connectivity index (χ4n) is 2.67. The Morgan fingerprint density at radius 3 is 2.88 bits per heavy atom.